The summed E-state index contributed by atoms with van der Waals surface area (Å²) in [6.45, 7) is 0. The first-order valence-electron chi connectivity index (χ1n) is 6.41. The van der Waals surface area contributed by atoms with Crippen LogP contribution in [0.15, 0.2) is 46.9 Å². The van der Waals surface area contributed by atoms with Crippen molar-refractivity contribution in [3.05, 3.63) is 58.2 Å². The summed E-state index contributed by atoms with van der Waals surface area (Å²) in [5, 5.41) is 14.0. The summed E-state index contributed by atoms with van der Waals surface area (Å²) in [5.74, 6) is -0.533. The van der Waals surface area contributed by atoms with Gasteiger partial charge in [-0.2, -0.15) is 10.4 Å². The molecule has 0 atom stereocenters. The molecule has 0 unspecified atom stereocenters. The number of benzene rings is 2. The van der Waals surface area contributed by atoms with Gasteiger partial charge in [0, 0.05) is 9.86 Å². The van der Waals surface area contributed by atoms with Crippen molar-refractivity contribution in [2.75, 3.05) is 7.11 Å². The lowest BCUT2D eigenvalue weighted by Gasteiger charge is -2.03. The van der Waals surface area contributed by atoms with Gasteiger partial charge in [0.1, 0.15) is 0 Å². The second kappa shape index (κ2) is 5.62. The van der Waals surface area contributed by atoms with Crippen LogP contribution in [-0.2, 0) is 4.74 Å². The van der Waals surface area contributed by atoms with Crippen molar-refractivity contribution in [2.45, 2.75) is 0 Å². The van der Waals surface area contributed by atoms with Crippen LogP contribution < -0.4 is 0 Å². The Labute approximate surface area is 134 Å². The zero-order valence-electron chi connectivity index (χ0n) is 11.6. The summed E-state index contributed by atoms with van der Waals surface area (Å²) in [6, 6.07) is 14.7. The fourth-order valence-electron chi connectivity index (χ4n) is 2.24. The molecule has 0 amide bonds. The molecule has 1 heterocycles. The Morgan fingerprint density at radius 3 is 2.82 bits per heavy atom. The van der Waals surface area contributed by atoms with E-state index in [1.165, 1.54) is 7.11 Å². The average molecular weight is 356 g/mol. The topological polar surface area (TPSA) is 67.9 Å². The Kier molecular flexibility index (Phi) is 3.65. The van der Waals surface area contributed by atoms with Gasteiger partial charge in [-0.05, 0) is 36.4 Å². The van der Waals surface area contributed by atoms with Crippen molar-refractivity contribution in [3.8, 4) is 11.8 Å². The van der Waals surface area contributed by atoms with Gasteiger partial charge < -0.3 is 4.74 Å². The van der Waals surface area contributed by atoms with E-state index in [1.807, 2.05) is 24.3 Å². The molecule has 0 aliphatic rings. The van der Waals surface area contributed by atoms with E-state index in [-0.39, 0.29) is 5.69 Å². The average Bonchev–Trinajstić information content (AvgIpc) is 2.92. The molecule has 2 aromatic carbocycles. The maximum atomic E-state index is 11.9. The molecule has 0 aliphatic heterocycles. The maximum Gasteiger partial charge on any atom is 0.359 e. The first-order valence-corrected chi connectivity index (χ1v) is 7.20. The summed E-state index contributed by atoms with van der Waals surface area (Å²) in [4.78, 5) is 11.9. The van der Waals surface area contributed by atoms with Crippen molar-refractivity contribution in [2.24, 2.45) is 0 Å². The van der Waals surface area contributed by atoms with Crippen molar-refractivity contribution in [1.82, 2.24) is 9.78 Å². The summed E-state index contributed by atoms with van der Waals surface area (Å²) in [5.41, 5.74) is 2.19. The minimum Gasteiger partial charge on any atom is -0.464 e. The highest BCUT2D eigenvalue weighted by atomic mass is 79.9. The van der Waals surface area contributed by atoms with Gasteiger partial charge in [-0.3, -0.25) is 0 Å². The zero-order valence-corrected chi connectivity index (χ0v) is 13.2. The van der Waals surface area contributed by atoms with Crippen LogP contribution >= 0.6 is 15.9 Å². The molecule has 0 spiro atoms. The van der Waals surface area contributed by atoms with Gasteiger partial charge >= 0.3 is 5.97 Å². The van der Waals surface area contributed by atoms with Crippen LogP contribution in [0.1, 0.15) is 16.1 Å². The lowest BCUT2D eigenvalue weighted by Crippen LogP contribution is -2.04. The number of rotatable bonds is 2. The van der Waals surface area contributed by atoms with Crippen LogP contribution in [0, 0.1) is 11.3 Å². The molecule has 6 heteroatoms. The standard InChI is InChI=1S/C16H10BrN3O2/c1-22-16(21)15-13-7-10(9-18)5-6-14(13)20(19-15)12-4-2-3-11(17)8-12/h2-8H,1H3. The van der Waals surface area contributed by atoms with Crippen LogP contribution in [0.5, 0.6) is 0 Å². The number of ether oxygens (including phenoxy) is 1. The van der Waals surface area contributed by atoms with Gasteiger partial charge in [0.05, 0.1) is 29.9 Å². The predicted octanol–water partition coefficient (Wildman–Crippen LogP) is 3.45. The number of nitriles is 1. The van der Waals surface area contributed by atoms with Crippen LogP contribution in [0.3, 0.4) is 0 Å². The maximum absolute atomic E-state index is 11.9. The number of fused-ring (bicyclic) bond motifs is 1. The fraction of sp³-hybridized carbons (Fsp3) is 0.0625. The van der Waals surface area contributed by atoms with E-state index in [2.05, 4.69) is 27.1 Å². The Morgan fingerprint density at radius 1 is 1.32 bits per heavy atom. The van der Waals surface area contributed by atoms with E-state index in [9.17, 15) is 4.79 Å². The van der Waals surface area contributed by atoms with Gasteiger partial charge in [0.25, 0.3) is 0 Å². The van der Waals surface area contributed by atoms with Crippen LogP contribution in [0.2, 0.25) is 0 Å². The Morgan fingerprint density at radius 2 is 2.14 bits per heavy atom. The second-order valence-corrected chi connectivity index (χ2v) is 5.49. The number of methoxy groups -OCH3 is 1. The Bertz CT molecular complexity index is 925. The number of halogens is 1. The summed E-state index contributed by atoms with van der Waals surface area (Å²) in [7, 11) is 1.31. The predicted molar refractivity (Wildman–Crippen MR) is 84.8 cm³/mol. The van der Waals surface area contributed by atoms with Gasteiger partial charge in [0.2, 0.25) is 0 Å². The largest absolute Gasteiger partial charge is 0.464 e. The molecule has 0 aliphatic carbocycles. The number of aromatic nitrogens is 2. The molecule has 108 valence electrons. The lowest BCUT2D eigenvalue weighted by molar-refractivity contribution is 0.0595. The first kappa shape index (κ1) is 14.3. The normalized spacial score (nSPS) is 10.4. The fourth-order valence-corrected chi connectivity index (χ4v) is 2.63. The van der Waals surface area contributed by atoms with Crippen LogP contribution in [0.25, 0.3) is 16.6 Å². The molecule has 0 radical (unpaired) electrons. The highest BCUT2D eigenvalue weighted by molar-refractivity contribution is 9.10. The highest BCUT2D eigenvalue weighted by Gasteiger charge is 2.19. The minimum atomic E-state index is -0.533. The first-order chi connectivity index (χ1) is 10.6. The number of carbonyl (C=O) groups excluding carboxylic acids is 1. The summed E-state index contributed by atoms with van der Waals surface area (Å²) < 4.78 is 7.35. The van der Waals surface area contributed by atoms with E-state index in [0.717, 1.165) is 15.7 Å². The van der Waals surface area contributed by atoms with Gasteiger partial charge in [0.15, 0.2) is 5.69 Å². The number of hydrogen-bond donors (Lipinski definition) is 0. The zero-order chi connectivity index (χ0) is 15.7. The molecule has 3 aromatic rings. The van der Waals surface area contributed by atoms with Crippen LogP contribution in [0.4, 0.5) is 0 Å². The SMILES string of the molecule is COC(=O)c1nn(-c2cccc(Br)c2)c2ccc(C#N)cc12. The monoisotopic (exact) mass is 355 g/mol. The number of hydrogen-bond acceptors (Lipinski definition) is 4. The number of nitrogens with zero attached hydrogens (tertiary/aromatic N) is 3. The van der Waals surface area contributed by atoms with Gasteiger partial charge in [-0.15, -0.1) is 0 Å². The molecule has 5 nitrogen and oxygen atoms in total. The molecule has 1 aromatic heterocycles. The smallest absolute Gasteiger partial charge is 0.359 e. The van der Waals surface area contributed by atoms with E-state index >= 15 is 0 Å². The van der Waals surface area contributed by atoms with E-state index in [1.54, 1.807) is 22.9 Å². The lowest BCUT2D eigenvalue weighted by atomic mass is 10.1. The van der Waals surface area contributed by atoms with E-state index in [0.29, 0.717) is 10.9 Å². The minimum absolute atomic E-state index is 0.189. The molecule has 0 saturated heterocycles. The number of esters is 1. The van der Waals surface area contributed by atoms with E-state index < -0.39 is 5.97 Å². The van der Waals surface area contributed by atoms with Crippen molar-refractivity contribution < 1.29 is 9.53 Å². The molecule has 0 saturated carbocycles. The molecule has 22 heavy (non-hydrogen) atoms. The Balaban J connectivity index is 2.32. The molecule has 0 bridgehead atoms. The highest BCUT2D eigenvalue weighted by Crippen LogP contribution is 2.25. The third-order valence-electron chi connectivity index (χ3n) is 3.24. The van der Waals surface area contributed by atoms with E-state index in [4.69, 9.17) is 10.00 Å². The number of carbonyl (C=O) groups is 1. The van der Waals surface area contributed by atoms with Gasteiger partial charge in [-0.25, -0.2) is 9.48 Å². The second-order valence-electron chi connectivity index (χ2n) is 4.58. The van der Waals surface area contributed by atoms with Gasteiger partial charge in [-0.1, -0.05) is 22.0 Å². The summed E-state index contributed by atoms with van der Waals surface area (Å²) in [6.07, 6.45) is 0. The summed E-state index contributed by atoms with van der Waals surface area (Å²) >= 11 is 3.42. The van der Waals surface area contributed by atoms with Crippen molar-refractivity contribution in [3.63, 3.8) is 0 Å². The van der Waals surface area contributed by atoms with Crippen molar-refractivity contribution in [1.29, 1.82) is 5.26 Å². The van der Waals surface area contributed by atoms with Crippen molar-refractivity contribution >= 4 is 32.8 Å². The third-order valence-corrected chi connectivity index (χ3v) is 3.73. The molecule has 0 N–H and O–H groups in total. The molecular formula is C16H10BrN3O2. The van der Waals surface area contributed by atoms with Crippen LogP contribution in [-0.4, -0.2) is 22.9 Å². The quantitative estimate of drug-likeness (QED) is 0.660. The third kappa shape index (κ3) is 2.36. The molecular weight excluding hydrogens is 346 g/mol. The molecule has 3 rings (SSSR count). The molecule has 0 fully saturated rings. The Hall–Kier alpha value is -2.65.